The molecule has 3 heterocycles. The standard InChI is InChI=1S/C23H25F3N6O3/c1-28-20(34)17-12-32(21(35)18-4-5-19(33)30-29-18)13-22(17)6-8-31(9-7-22)15-3-2-14(11-27)16(10-15)23(24,25)26/h2-3,10,17H,4-9,12-13H2,1H3,(H,28,34)(H,30,33). The number of anilines is 1. The van der Waals surface area contributed by atoms with Crippen molar-refractivity contribution in [3.8, 4) is 6.07 Å². The Morgan fingerprint density at radius 1 is 1.26 bits per heavy atom. The molecule has 1 atom stereocenters. The van der Waals surface area contributed by atoms with Gasteiger partial charge in [0.05, 0.1) is 23.1 Å². The minimum absolute atomic E-state index is 0.169. The molecule has 4 rings (SSSR count). The number of nitrogens with zero attached hydrogens (tertiary/aromatic N) is 4. The number of alkyl halides is 3. The van der Waals surface area contributed by atoms with Gasteiger partial charge in [-0.1, -0.05) is 0 Å². The maximum atomic E-state index is 13.4. The van der Waals surface area contributed by atoms with Gasteiger partial charge in [0.1, 0.15) is 5.71 Å². The molecule has 1 aromatic carbocycles. The van der Waals surface area contributed by atoms with E-state index in [1.165, 1.54) is 19.2 Å². The van der Waals surface area contributed by atoms with Crippen molar-refractivity contribution >= 4 is 29.1 Å². The number of amides is 3. The molecule has 0 aromatic heterocycles. The first-order valence-corrected chi connectivity index (χ1v) is 11.3. The van der Waals surface area contributed by atoms with Crippen LogP contribution in [0.3, 0.4) is 0 Å². The number of likely N-dealkylation sites (tertiary alicyclic amines) is 1. The van der Waals surface area contributed by atoms with Crippen LogP contribution in [0, 0.1) is 22.7 Å². The molecule has 186 valence electrons. The van der Waals surface area contributed by atoms with Gasteiger partial charge in [0.2, 0.25) is 11.8 Å². The van der Waals surface area contributed by atoms with Crippen molar-refractivity contribution in [2.45, 2.75) is 31.9 Å². The summed E-state index contributed by atoms with van der Waals surface area (Å²) in [6.07, 6.45) is -3.25. The molecule has 1 aromatic rings. The fraction of sp³-hybridized carbons (Fsp3) is 0.522. The first kappa shape index (κ1) is 24.5. The second-order valence-electron chi connectivity index (χ2n) is 9.13. The van der Waals surface area contributed by atoms with E-state index in [-0.39, 0.29) is 42.8 Å². The van der Waals surface area contributed by atoms with Gasteiger partial charge in [-0.05, 0) is 31.0 Å². The first-order chi connectivity index (χ1) is 16.6. The van der Waals surface area contributed by atoms with E-state index in [2.05, 4.69) is 15.8 Å². The van der Waals surface area contributed by atoms with Crippen LogP contribution in [0.15, 0.2) is 23.3 Å². The molecule has 2 saturated heterocycles. The number of rotatable bonds is 3. The monoisotopic (exact) mass is 490 g/mol. The summed E-state index contributed by atoms with van der Waals surface area (Å²) in [5.74, 6) is -1.24. The largest absolute Gasteiger partial charge is 0.417 e. The molecule has 0 aliphatic carbocycles. The highest BCUT2D eigenvalue weighted by Gasteiger charge is 2.52. The van der Waals surface area contributed by atoms with E-state index in [9.17, 15) is 27.6 Å². The van der Waals surface area contributed by atoms with Crippen molar-refractivity contribution in [1.29, 1.82) is 5.26 Å². The van der Waals surface area contributed by atoms with Crippen molar-refractivity contribution in [1.82, 2.24) is 15.6 Å². The highest BCUT2D eigenvalue weighted by molar-refractivity contribution is 6.39. The number of benzene rings is 1. The number of hydrogen-bond acceptors (Lipinski definition) is 6. The fourth-order valence-corrected chi connectivity index (χ4v) is 5.25. The fourth-order valence-electron chi connectivity index (χ4n) is 5.25. The van der Waals surface area contributed by atoms with Crippen LogP contribution in [0.5, 0.6) is 0 Å². The Balaban J connectivity index is 1.53. The van der Waals surface area contributed by atoms with Gasteiger partial charge in [-0.2, -0.15) is 23.5 Å². The average molecular weight is 490 g/mol. The second-order valence-corrected chi connectivity index (χ2v) is 9.13. The predicted octanol–water partition coefficient (Wildman–Crippen LogP) is 1.63. The van der Waals surface area contributed by atoms with Crippen LogP contribution < -0.4 is 15.6 Å². The number of nitrogens with one attached hydrogen (secondary N) is 2. The summed E-state index contributed by atoms with van der Waals surface area (Å²) in [5, 5.41) is 15.6. The van der Waals surface area contributed by atoms with Gasteiger partial charge >= 0.3 is 6.18 Å². The lowest BCUT2D eigenvalue weighted by Crippen LogP contribution is -2.48. The van der Waals surface area contributed by atoms with Crippen LogP contribution in [-0.4, -0.2) is 61.6 Å². The van der Waals surface area contributed by atoms with Crippen molar-refractivity contribution in [2.24, 2.45) is 16.4 Å². The lowest BCUT2D eigenvalue weighted by molar-refractivity contribution is -0.137. The smallest absolute Gasteiger partial charge is 0.371 e. The molecule has 35 heavy (non-hydrogen) atoms. The minimum Gasteiger partial charge on any atom is -0.371 e. The molecule has 3 amide bonds. The summed E-state index contributed by atoms with van der Waals surface area (Å²) >= 11 is 0. The van der Waals surface area contributed by atoms with Crippen molar-refractivity contribution in [3.63, 3.8) is 0 Å². The molecule has 2 fully saturated rings. The molecule has 0 saturated carbocycles. The lowest BCUT2D eigenvalue weighted by atomic mass is 9.70. The van der Waals surface area contributed by atoms with Crippen LogP contribution in [0.25, 0.3) is 0 Å². The highest BCUT2D eigenvalue weighted by atomic mass is 19.4. The van der Waals surface area contributed by atoms with E-state index in [0.717, 1.165) is 6.07 Å². The summed E-state index contributed by atoms with van der Waals surface area (Å²) in [6, 6.07) is 5.26. The Bertz CT molecular complexity index is 1120. The normalized spacial score (nSPS) is 21.9. The zero-order chi connectivity index (χ0) is 25.4. The molecule has 0 bridgehead atoms. The van der Waals surface area contributed by atoms with Crippen LogP contribution in [0.4, 0.5) is 18.9 Å². The molecule has 0 radical (unpaired) electrons. The predicted molar refractivity (Wildman–Crippen MR) is 119 cm³/mol. The number of halogens is 3. The van der Waals surface area contributed by atoms with Crippen LogP contribution in [-0.2, 0) is 20.6 Å². The quantitative estimate of drug-likeness (QED) is 0.668. The van der Waals surface area contributed by atoms with Crippen LogP contribution in [0.1, 0.15) is 36.8 Å². The number of nitriles is 1. The Morgan fingerprint density at radius 3 is 2.54 bits per heavy atom. The zero-order valence-electron chi connectivity index (χ0n) is 19.1. The minimum atomic E-state index is -4.64. The van der Waals surface area contributed by atoms with Crippen molar-refractivity contribution < 1.29 is 27.6 Å². The highest BCUT2D eigenvalue weighted by Crippen LogP contribution is 2.46. The molecule has 1 spiro atoms. The molecule has 1 unspecified atom stereocenters. The van der Waals surface area contributed by atoms with Gasteiger partial charge in [0.25, 0.3) is 5.91 Å². The Hall–Kier alpha value is -3.62. The van der Waals surface area contributed by atoms with Crippen molar-refractivity contribution in [2.75, 3.05) is 38.1 Å². The third kappa shape index (κ3) is 4.67. The van der Waals surface area contributed by atoms with E-state index < -0.39 is 28.6 Å². The van der Waals surface area contributed by atoms with E-state index in [1.807, 2.05) is 4.90 Å². The average Bonchev–Trinajstić information content (AvgIpc) is 3.21. The summed E-state index contributed by atoms with van der Waals surface area (Å²) in [5.41, 5.74) is 0.994. The van der Waals surface area contributed by atoms with E-state index in [1.54, 1.807) is 11.0 Å². The molecule has 3 aliphatic heterocycles. The maximum Gasteiger partial charge on any atom is 0.417 e. The number of hydrazone groups is 1. The molecular weight excluding hydrogens is 465 g/mol. The van der Waals surface area contributed by atoms with Gasteiger partial charge in [0, 0.05) is 57.2 Å². The summed E-state index contributed by atoms with van der Waals surface area (Å²) in [6.45, 7) is 1.33. The molecular formula is C23H25F3N6O3. The van der Waals surface area contributed by atoms with Crippen LogP contribution in [0.2, 0.25) is 0 Å². The summed E-state index contributed by atoms with van der Waals surface area (Å²) in [7, 11) is 1.53. The molecule has 2 N–H and O–H groups in total. The summed E-state index contributed by atoms with van der Waals surface area (Å²) < 4.78 is 40.2. The van der Waals surface area contributed by atoms with Gasteiger partial charge < -0.3 is 15.1 Å². The Kier molecular flexibility index (Phi) is 6.44. The third-order valence-corrected chi connectivity index (χ3v) is 7.20. The van der Waals surface area contributed by atoms with Gasteiger partial charge in [0.15, 0.2) is 0 Å². The van der Waals surface area contributed by atoms with E-state index >= 15 is 0 Å². The van der Waals surface area contributed by atoms with Crippen molar-refractivity contribution in [3.05, 3.63) is 29.3 Å². The number of carbonyl (C=O) groups is 3. The third-order valence-electron chi connectivity index (χ3n) is 7.20. The van der Waals surface area contributed by atoms with Crippen LogP contribution >= 0.6 is 0 Å². The molecule has 3 aliphatic rings. The topological polar surface area (TPSA) is 118 Å². The lowest BCUT2D eigenvalue weighted by Gasteiger charge is -2.43. The SMILES string of the molecule is CNC(=O)C1CN(C(=O)C2=NNC(=O)CC2)CC12CCN(c1ccc(C#N)c(C(F)(F)F)c1)CC2. The maximum absolute atomic E-state index is 13.4. The first-order valence-electron chi connectivity index (χ1n) is 11.3. The van der Waals surface area contributed by atoms with Gasteiger partial charge in [-0.3, -0.25) is 14.4 Å². The number of piperidine rings is 1. The van der Waals surface area contributed by atoms with E-state index in [0.29, 0.717) is 38.2 Å². The van der Waals surface area contributed by atoms with Gasteiger partial charge in [-0.25, -0.2) is 5.43 Å². The van der Waals surface area contributed by atoms with Gasteiger partial charge in [-0.15, -0.1) is 0 Å². The van der Waals surface area contributed by atoms with E-state index in [4.69, 9.17) is 5.26 Å². The molecule has 12 heteroatoms. The Labute approximate surface area is 199 Å². The number of hydrogen-bond donors (Lipinski definition) is 2. The Morgan fingerprint density at radius 2 is 1.97 bits per heavy atom. The molecule has 9 nitrogen and oxygen atoms in total. The zero-order valence-corrected chi connectivity index (χ0v) is 19.1. The second kappa shape index (κ2) is 9.20. The summed E-state index contributed by atoms with van der Waals surface area (Å²) in [4.78, 5) is 40.5. The number of carbonyl (C=O) groups excluding carboxylic acids is 3.